The van der Waals surface area contributed by atoms with Gasteiger partial charge in [-0.15, -0.1) is 0 Å². The Kier molecular flexibility index (Phi) is 6.06. The van der Waals surface area contributed by atoms with Crippen LogP contribution in [0.4, 0.5) is 4.39 Å². The molecule has 1 aliphatic rings. The van der Waals surface area contributed by atoms with Gasteiger partial charge >= 0.3 is 0 Å². The van der Waals surface area contributed by atoms with Gasteiger partial charge in [-0.05, 0) is 61.7 Å². The van der Waals surface area contributed by atoms with Crippen molar-refractivity contribution in [2.24, 2.45) is 0 Å². The van der Waals surface area contributed by atoms with Gasteiger partial charge in [-0.25, -0.2) is 4.39 Å². The van der Waals surface area contributed by atoms with Crippen molar-refractivity contribution in [2.75, 3.05) is 19.7 Å². The first kappa shape index (κ1) is 18.9. The van der Waals surface area contributed by atoms with Gasteiger partial charge in [0.15, 0.2) is 0 Å². The average molecular weight is 370 g/mol. The summed E-state index contributed by atoms with van der Waals surface area (Å²) < 4.78 is 18.5. The van der Waals surface area contributed by atoms with Crippen LogP contribution in [0.1, 0.15) is 41.7 Å². The van der Waals surface area contributed by atoms with E-state index in [1.165, 1.54) is 12.1 Å². The monoisotopic (exact) mass is 370 g/mol. The highest BCUT2D eigenvalue weighted by Crippen LogP contribution is 2.31. The summed E-state index contributed by atoms with van der Waals surface area (Å²) in [4.78, 5) is 26.6. The summed E-state index contributed by atoms with van der Waals surface area (Å²) in [6, 6.07) is 13.0. The van der Waals surface area contributed by atoms with Gasteiger partial charge in [0.25, 0.3) is 5.91 Å². The number of nitrogens with one attached hydrogen (secondary N) is 1. The lowest BCUT2D eigenvalue weighted by Crippen LogP contribution is -2.39. The molecule has 27 heavy (non-hydrogen) atoms. The van der Waals surface area contributed by atoms with Crippen LogP contribution in [0.3, 0.4) is 0 Å². The maximum Gasteiger partial charge on any atom is 0.251 e. The average Bonchev–Trinajstić information content (AvgIpc) is 3.17. The molecule has 6 heteroatoms. The Labute approximate surface area is 158 Å². The largest absolute Gasteiger partial charge is 0.494 e. The smallest absolute Gasteiger partial charge is 0.251 e. The van der Waals surface area contributed by atoms with Crippen molar-refractivity contribution in [3.8, 4) is 5.75 Å². The van der Waals surface area contributed by atoms with Crippen LogP contribution in [0.25, 0.3) is 0 Å². The van der Waals surface area contributed by atoms with Crippen molar-refractivity contribution in [2.45, 2.75) is 25.8 Å². The molecule has 2 aromatic carbocycles. The van der Waals surface area contributed by atoms with Gasteiger partial charge in [0, 0.05) is 12.1 Å². The number of amides is 2. The number of ether oxygens (including phenoxy) is 1. The molecule has 1 heterocycles. The van der Waals surface area contributed by atoms with E-state index in [9.17, 15) is 14.0 Å². The predicted octanol–water partition coefficient (Wildman–Crippen LogP) is 3.32. The summed E-state index contributed by atoms with van der Waals surface area (Å²) in [7, 11) is 0. The van der Waals surface area contributed by atoms with E-state index >= 15 is 0 Å². The molecule has 0 aromatic heterocycles. The van der Waals surface area contributed by atoms with E-state index in [1.54, 1.807) is 41.3 Å². The molecule has 0 spiro atoms. The normalized spacial score (nSPS) is 16.2. The Morgan fingerprint density at radius 2 is 1.85 bits per heavy atom. The first-order chi connectivity index (χ1) is 13.1. The minimum atomic E-state index is -0.302. The van der Waals surface area contributed by atoms with Crippen LogP contribution in [0.2, 0.25) is 0 Å². The fourth-order valence-corrected chi connectivity index (χ4v) is 3.33. The maximum absolute atomic E-state index is 13.1. The number of carbonyl (C=O) groups is 2. The lowest BCUT2D eigenvalue weighted by Gasteiger charge is -2.25. The third-order valence-corrected chi connectivity index (χ3v) is 4.66. The number of nitrogens with zero attached hydrogens (tertiary/aromatic N) is 1. The van der Waals surface area contributed by atoms with Gasteiger partial charge in [0.1, 0.15) is 11.6 Å². The predicted molar refractivity (Wildman–Crippen MR) is 100 cm³/mol. The van der Waals surface area contributed by atoms with E-state index in [0.717, 1.165) is 18.4 Å². The molecule has 142 valence electrons. The number of carbonyl (C=O) groups excluding carboxylic acids is 2. The van der Waals surface area contributed by atoms with Gasteiger partial charge in [-0.1, -0.05) is 12.1 Å². The lowest BCUT2D eigenvalue weighted by molar-refractivity contribution is -0.131. The Hall–Kier alpha value is -2.89. The number of hydrogen-bond acceptors (Lipinski definition) is 3. The number of halogens is 1. The second-order valence-electron chi connectivity index (χ2n) is 6.44. The molecule has 1 aliphatic heterocycles. The summed E-state index contributed by atoms with van der Waals surface area (Å²) in [5.41, 5.74) is 1.39. The molecule has 1 saturated heterocycles. The second-order valence-corrected chi connectivity index (χ2v) is 6.44. The molecule has 0 radical (unpaired) electrons. The molecule has 0 saturated carbocycles. The van der Waals surface area contributed by atoms with Crippen molar-refractivity contribution in [3.05, 3.63) is 65.5 Å². The van der Waals surface area contributed by atoms with E-state index in [-0.39, 0.29) is 30.2 Å². The van der Waals surface area contributed by atoms with Crippen LogP contribution in [-0.2, 0) is 4.79 Å². The summed E-state index contributed by atoms with van der Waals surface area (Å²) in [6.45, 7) is 3.03. The quantitative estimate of drug-likeness (QED) is 0.849. The zero-order chi connectivity index (χ0) is 19.2. The zero-order valence-electron chi connectivity index (χ0n) is 15.3. The molecule has 1 unspecified atom stereocenters. The van der Waals surface area contributed by atoms with Crippen molar-refractivity contribution in [1.82, 2.24) is 10.2 Å². The van der Waals surface area contributed by atoms with E-state index in [4.69, 9.17) is 4.74 Å². The Bertz CT molecular complexity index is 790. The third-order valence-electron chi connectivity index (χ3n) is 4.66. The zero-order valence-corrected chi connectivity index (χ0v) is 15.3. The molecule has 0 bridgehead atoms. The van der Waals surface area contributed by atoms with Gasteiger partial charge in [0.05, 0.1) is 19.2 Å². The minimum Gasteiger partial charge on any atom is -0.494 e. The highest BCUT2D eigenvalue weighted by Gasteiger charge is 2.29. The van der Waals surface area contributed by atoms with Crippen molar-refractivity contribution in [1.29, 1.82) is 0 Å². The number of hydrogen-bond donors (Lipinski definition) is 1. The lowest BCUT2D eigenvalue weighted by atomic mass is 10.0. The van der Waals surface area contributed by atoms with Crippen LogP contribution in [0, 0.1) is 5.82 Å². The van der Waals surface area contributed by atoms with Crippen LogP contribution >= 0.6 is 0 Å². The van der Waals surface area contributed by atoms with Crippen LogP contribution in [0.5, 0.6) is 5.75 Å². The van der Waals surface area contributed by atoms with Gasteiger partial charge in [-0.3, -0.25) is 9.59 Å². The Morgan fingerprint density at radius 1 is 1.15 bits per heavy atom. The standard InChI is InChI=1S/C21H23FN2O3/c1-2-27-18-11-7-16(8-12-18)21(26)23-14-20(25)24-13-3-4-19(24)15-5-9-17(22)10-6-15/h5-12,19H,2-4,13-14H2,1H3,(H,23,26). The van der Waals surface area contributed by atoms with Crippen molar-refractivity contribution in [3.63, 3.8) is 0 Å². The molecule has 2 amide bonds. The highest BCUT2D eigenvalue weighted by molar-refractivity contribution is 5.96. The highest BCUT2D eigenvalue weighted by atomic mass is 19.1. The van der Waals surface area contributed by atoms with Crippen molar-refractivity contribution >= 4 is 11.8 Å². The Balaban J connectivity index is 1.57. The van der Waals surface area contributed by atoms with E-state index in [0.29, 0.717) is 24.5 Å². The molecular weight excluding hydrogens is 347 g/mol. The summed E-state index contributed by atoms with van der Waals surface area (Å²) in [5, 5.41) is 2.68. The molecule has 5 nitrogen and oxygen atoms in total. The number of rotatable bonds is 6. The second kappa shape index (κ2) is 8.66. The van der Waals surface area contributed by atoms with Crippen LogP contribution in [-0.4, -0.2) is 36.4 Å². The summed E-state index contributed by atoms with van der Waals surface area (Å²) >= 11 is 0. The number of likely N-dealkylation sites (tertiary alicyclic amines) is 1. The molecule has 2 aromatic rings. The van der Waals surface area contributed by atoms with Crippen molar-refractivity contribution < 1.29 is 18.7 Å². The molecule has 3 rings (SSSR count). The fraction of sp³-hybridized carbons (Fsp3) is 0.333. The van der Waals surface area contributed by atoms with Gasteiger partial charge in [0.2, 0.25) is 5.91 Å². The summed E-state index contributed by atoms with van der Waals surface area (Å²) in [5.74, 6) is -0.0355. The SMILES string of the molecule is CCOc1ccc(C(=O)NCC(=O)N2CCCC2c2ccc(F)cc2)cc1. The first-order valence-electron chi connectivity index (χ1n) is 9.14. The van der Waals surface area contributed by atoms with E-state index < -0.39 is 0 Å². The summed E-state index contributed by atoms with van der Waals surface area (Å²) in [6.07, 6.45) is 1.73. The topological polar surface area (TPSA) is 58.6 Å². The maximum atomic E-state index is 13.1. The molecule has 1 atom stereocenters. The minimum absolute atomic E-state index is 0.0657. The Morgan fingerprint density at radius 3 is 2.52 bits per heavy atom. The molecule has 1 N–H and O–H groups in total. The molecule has 1 fully saturated rings. The van der Waals surface area contributed by atoms with Crippen LogP contribution in [0.15, 0.2) is 48.5 Å². The van der Waals surface area contributed by atoms with Gasteiger partial charge in [-0.2, -0.15) is 0 Å². The van der Waals surface area contributed by atoms with Crippen LogP contribution < -0.4 is 10.1 Å². The first-order valence-corrected chi connectivity index (χ1v) is 9.14. The molecular formula is C21H23FN2O3. The van der Waals surface area contributed by atoms with Gasteiger partial charge < -0.3 is 15.0 Å². The number of benzene rings is 2. The fourth-order valence-electron chi connectivity index (χ4n) is 3.33. The molecule has 0 aliphatic carbocycles. The van der Waals surface area contributed by atoms with E-state index in [1.807, 2.05) is 6.92 Å². The van der Waals surface area contributed by atoms with E-state index in [2.05, 4.69) is 5.32 Å². The third kappa shape index (κ3) is 4.64.